The van der Waals surface area contributed by atoms with Gasteiger partial charge in [-0.3, -0.25) is 9.59 Å². The summed E-state index contributed by atoms with van der Waals surface area (Å²) in [6.45, 7) is 6.66. The third-order valence-electron chi connectivity index (χ3n) is 7.27. The second-order valence-corrected chi connectivity index (χ2v) is 10.7. The van der Waals surface area contributed by atoms with Crippen LogP contribution < -0.4 is 20.4 Å². The van der Waals surface area contributed by atoms with Crippen molar-refractivity contribution in [2.24, 2.45) is 0 Å². The van der Waals surface area contributed by atoms with E-state index in [1.165, 1.54) is 23.1 Å². The highest BCUT2D eigenvalue weighted by Crippen LogP contribution is 2.30. The summed E-state index contributed by atoms with van der Waals surface area (Å²) in [5.74, 6) is -0.342. The molecule has 1 saturated heterocycles. The Labute approximate surface area is 241 Å². The van der Waals surface area contributed by atoms with Crippen LogP contribution in [0.4, 0.5) is 17.1 Å². The van der Waals surface area contributed by atoms with Crippen molar-refractivity contribution in [3.63, 3.8) is 0 Å². The van der Waals surface area contributed by atoms with Crippen LogP contribution in [0.3, 0.4) is 0 Å². The molecule has 5 rings (SSSR count). The molecule has 1 aliphatic rings. The Kier molecular flexibility index (Phi) is 8.70. The fourth-order valence-electron chi connectivity index (χ4n) is 5.24. The summed E-state index contributed by atoms with van der Waals surface area (Å²) in [5.41, 5.74) is 6.67. The SMILES string of the molecule is Cc1ccccc1N1CCN(c2ccc(C(=O)NCc3cccc(CN(C)C)c3)cc2NC(=O)c2ccco2)CC1. The molecule has 2 amide bonds. The van der Waals surface area contributed by atoms with Crippen molar-refractivity contribution in [1.82, 2.24) is 10.2 Å². The van der Waals surface area contributed by atoms with E-state index in [4.69, 9.17) is 4.42 Å². The molecule has 0 bridgehead atoms. The number of nitrogens with one attached hydrogen (secondary N) is 2. The van der Waals surface area contributed by atoms with E-state index in [0.29, 0.717) is 17.8 Å². The minimum atomic E-state index is -0.356. The first-order valence-corrected chi connectivity index (χ1v) is 13.9. The van der Waals surface area contributed by atoms with E-state index in [2.05, 4.69) is 68.7 Å². The van der Waals surface area contributed by atoms with Gasteiger partial charge in [-0.15, -0.1) is 0 Å². The van der Waals surface area contributed by atoms with Gasteiger partial charge < -0.3 is 29.8 Å². The van der Waals surface area contributed by atoms with Crippen LogP contribution in [0.25, 0.3) is 0 Å². The van der Waals surface area contributed by atoms with Gasteiger partial charge in [0.05, 0.1) is 17.6 Å². The fourth-order valence-corrected chi connectivity index (χ4v) is 5.24. The van der Waals surface area contributed by atoms with Crippen molar-refractivity contribution in [2.45, 2.75) is 20.0 Å². The van der Waals surface area contributed by atoms with Gasteiger partial charge in [0.15, 0.2) is 5.76 Å². The largest absolute Gasteiger partial charge is 0.459 e. The van der Waals surface area contributed by atoms with Gasteiger partial charge in [-0.2, -0.15) is 0 Å². The number of amides is 2. The van der Waals surface area contributed by atoms with Gasteiger partial charge in [0.25, 0.3) is 11.8 Å². The molecule has 1 aliphatic heterocycles. The van der Waals surface area contributed by atoms with E-state index in [9.17, 15) is 9.59 Å². The Bertz CT molecular complexity index is 1490. The number of benzene rings is 3. The lowest BCUT2D eigenvalue weighted by Crippen LogP contribution is -2.47. The quantitative estimate of drug-likeness (QED) is 0.299. The van der Waals surface area contributed by atoms with Crippen LogP contribution in [0.1, 0.15) is 37.6 Å². The molecule has 1 fully saturated rings. The molecule has 3 aromatic carbocycles. The molecule has 0 radical (unpaired) electrons. The van der Waals surface area contributed by atoms with Crippen molar-refractivity contribution >= 4 is 28.9 Å². The average molecular weight is 552 g/mol. The number of hydrogen-bond donors (Lipinski definition) is 2. The zero-order valence-electron chi connectivity index (χ0n) is 23.9. The van der Waals surface area contributed by atoms with E-state index in [-0.39, 0.29) is 17.6 Å². The van der Waals surface area contributed by atoms with E-state index >= 15 is 0 Å². The lowest BCUT2D eigenvalue weighted by atomic mass is 10.1. The Morgan fingerprint density at radius 2 is 1.54 bits per heavy atom. The number of aryl methyl sites for hydroxylation is 1. The maximum Gasteiger partial charge on any atom is 0.291 e. The molecule has 2 N–H and O–H groups in total. The second-order valence-electron chi connectivity index (χ2n) is 10.7. The third kappa shape index (κ3) is 6.96. The highest BCUT2D eigenvalue weighted by Gasteiger charge is 2.23. The van der Waals surface area contributed by atoms with Crippen molar-refractivity contribution in [3.05, 3.63) is 113 Å². The number of nitrogens with zero attached hydrogens (tertiary/aromatic N) is 3. The normalized spacial score (nSPS) is 13.4. The van der Waals surface area contributed by atoms with Crippen molar-refractivity contribution in [3.8, 4) is 0 Å². The maximum atomic E-state index is 13.2. The van der Waals surface area contributed by atoms with Gasteiger partial charge in [-0.05, 0) is 74.1 Å². The summed E-state index contributed by atoms with van der Waals surface area (Å²) < 4.78 is 5.31. The van der Waals surface area contributed by atoms with Crippen molar-refractivity contribution in [1.29, 1.82) is 0 Å². The topological polar surface area (TPSA) is 81.1 Å². The third-order valence-corrected chi connectivity index (χ3v) is 7.27. The highest BCUT2D eigenvalue weighted by molar-refractivity contribution is 6.05. The minimum Gasteiger partial charge on any atom is -0.459 e. The van der Waals surface area contributed by atoms with Gasteiger partial charge >= 0.3 is 0 Å². The standard InChI is InChI=1S/C33H37N5O3/c1-24-8-4-5-11-29(24)37-15-17-38(18-16-37)30-14-13-27(21-28(30)35-33(40)31-12-7-19-41-31)32(39)34-22-25-9-6-10-26(20-25)23-36(2)3/h4-14,19-21H,15-18,22-23H2,1-3H3,(H,34,39)(H,35,40). The van der Waals surface area contributed by atoms with E-state index < -0.39 is 0 Å². The number of para-hydroxylation sites is 1. The summed E-state index contributed by atoms with van der Waals surface area (Å²) in [6, 6.07) is 25.4. The van der Waals surface area contributed by atoms with Crippen LogP contribution in [-0.4, -0.2) is 57.0 Å². The summed E-state index contributed by atoms with van der Waals surface area (Å²) >= 11 is 0. The van der Waals surface area contributed by atoms with Gasteiger partial charge in [0.2, 0.25) is 0 Å². The number of rotatable bonds is 9. The molecule has 2 heterocycles. The molecule has 0 atom stereocenters. The van der Waals surface area contributed by atoms with Gasteiger partial charge in [0.1, 0.15) is 0 Å². The average Bonchev–Trinajstić information content (AvgIpc) is 3.52. The first-order chi connectivity index (χ1) is 19.9. The molecule has 0 aliphatic carbocycles. The molecule has 212 valence electrons. The zero-order valence-corrected chi connectivity index (χ0v) is 23.9. The van der Waals surface area contributed by atoms with Gasteiger partial charge in [-0.25, -0.2) is 0 Å². The lowest BCUT2D eigenvalue weighted by Gasteiger charge is -2.38. The first-order valence-electron chi connectivity index (χ1n) is 13.9. The van der Waals surface area contributed by atoms with Gasteiger partial charge in [0, 0.05) is 50.5 Å². The number of carbonyl (C=O) groups excluding carboxylic acids is 2. The van der Waals surface area contributed by atoms with Gasteiger partial charge in [-0.1, -0.05) is 42.5 Å². The van der Waals surface area contributed by atoms with Crippen molar-refractivity contribution < 1.29 is 14.0 Å². The maximum absolute atomic E-state index is 13.2. The molecule has 0 spiro atoms. The second kappa shape index (κ2) is 12.7. The smallest absolute Gasteiger partial charge is 0.291 e. The molecule has 1 aromatic heterocycles. The Hall–Kier alpha value is -4.56. The van der Waals surface area contributed by atoms with E-state index in [0.717, 1.165) is 44.0 Å². The number of piperazine rings is 1. The molecular formula is C33H37N5O3. The Morgan fingerprint density at radius 1 is 0.805 bits per heavy atom. The Balaban J connectivity index is 1.32. The summed E-state index contributed by atoms with van der Waals surface area (Å²) in [7, 11) is 4.06. The van der Waals surface area contributed by atoms with Crippen LogP contribution in [0, 0.1) is 6.92 Å². The molecule has 0 saturated carbocycles. The monoisotopic (exact) mass is 551 g/mol. The number of furan rings is 1. The molecule has 4 aromatic rings. The van der Waals surface area contributed by atoms with E-state index in [1.807, 2.05) is 38.4 Å². The molecule has 0 unspecified atom stereocenters. The predicted octanol–water partition coefficient (Wildman–Crippen LogP) is 5.16. The number of anilines is 3. The minimum absolute atomic E-state index is 0.201. The van der Waals surface area contributed by atoms with Crippen molar-refractivity contribution in [2.75, 3.05) is 55.4 Å². The molecule has 41 heavy (non-hydrogen) atoms. The predicted molar refractivity (Wildman–Crippen MR) is 164 cm³/mol. The summed E-state index contributed by atoms with van der Waals surface area (Å²) in [6.07, 6.45) is 1.47. The molecule has 8 heteroatoms. The molecular weight excluding hydrogens is 514 g/mol. The zero-order chi connectivity index (χ0) is 28.8. The number of carbonyl (C=O) groups is 2. The first kappa shape index (κ1) is 28.0. The fraction of sp³-hybridized carbons (Fsp3) is 0.273. The van der Waals surface area contributed by atoms with Crippen LogP contribution in [0.15, 0.2) is 89.5 Å². The van der Waals surface area contributed by atoms with Crippen LogP contribution in [0.5, 0.6) is 0 Å². The summed E-state index contributed by atoms with van der Waals surface area (Å²) in [4.78, 5) is 32.9. The van der Waals surface area contributed by atoms with Crippen LogP contribution >= 0.6 is 0 Å². The Morgan fingerprint density at radius 3 is 2.24 bits per heavy atom. The number of hydrogen-bond acceptors (Lipinski definition) is 6. The highest BCUT2D eigenvalue weighted by atomic mass is 16.3. The lowest BCUT2D eigenvalue weighted by molar-refractivity contribution is 0.0949. The van der Waals surface area contributed by atoms with E-state index in [1.54, 1.807) is 18.2 Å². The molecule has 8 nitrogen and oxygen atoms in total. The van der Waals surface area contributed by atoms with Crippen LogP contribution in [0.2, 0.25) is 0 Å². The summed E-state index contributed by atoms with van der Waals surface area (Å²) in [5, 5.41) is 6.01. The van der Waals surface area contributed by atoms with Crippen LogP contribution in [-0.2, 0) is 13.1 Å².